The normalized spacial score (nSPS) is 21.0. The van der Waals surface area contributed by atoms with Gasteiger partial charge in [-0.1, -0.05) is 13.8 Å². The smallest absolute Gasteiger partial charge is 0.317 e. The summed E-state index contributed by atoms with van der Waals surface area (Å²) in [6.45, 7) is 8.14. The van der Waals surface area contributed by atoms with E-state index in [1.54, 1.807) is 0 Å². The van der Waals surface area contributed by atoms with Gasteiger partial charge in [-0.15, -0.1) is 0 Å². The highest BCUT2D eigenvalue weighted by molar-refractivity contribution is 5.75. The monoisotopic (exact) mass is 170 g/mol. The molecule has 1 fully saturated rings. The van der Waals surface area contributed by atoms with Crippen molar-refractivity contribution in [2.45, 2.75) is 33.2 Å². The predicted octanol–water partition coefficient (Wildman–Crippen LogP) is 1.45. The molecule has 3 heteroatoms. The van der Waals surface area contributed by atoms with Crippen LogP contribution in [-0.4, -0.2) is 30.1 Å². The molecule has 0 saturated carbocycles. The predicted molar refractivity (Wildman–Crippen MR) is 49.0 cm³/mol. The molecule has 1 unspecified atom stereocenters. The second-order valence-electron chi connectivity index (χ2n) is 3.76. The fraction of sp³-hybridized carbons (Fsp3) is 0.889. The third-order valence-corrected chi connectivity index (χ3v) is 2.57. The van der Waals surface area contributed by atoms with Gasteiger partial charge in [-0.3, -0.25) is 0 Å². The fourth-order valence-corrected chi connectivity index (χ4v) is 1.40. The molecule has 2 amide bonds. The lowest BCUT2D eigenvalue weighted by Gasteiger charge is -2.34. The van der Waals surface area contributed by atoms with Crippen molar-refractivity contribution in [2.75, 3.05) is 13.1 Å². The van der Waals surface area contributed by atoms with Gasteiger partial charge in [0.05, 0.1) is 0 Å². The molecule has 1 atom stereocenters. The second-order valence-corrected chi connectivity index (χ2v) is 3.76. The first-order chi connectivity index (χ1) is 5.63. The van der Waals surface area contributed by atoms with Crippen LogP contribution >= 0.6 is 0 Å². The molecule has 0 bridgehead atoms. The van der Waals surface area contributed by atoms with Gasteiger partial charge in [0.25, 0.3) is 0 Å². The number of nitrogens with one attached hydrogen (secondary N) is 1. The van der Waals surface area contributed by atoms with Gasteiger partial charge in [0, 0.05) is 19.1 Å². The van der Waals surface area contributed by atoms with Crippen LogP contribution in [0.25, 0.3) is 0 Å². The van der Waals surface area contributed by atoms with Gasteiger partial charge >= 0.3 is 6.03 Å². The van der Waals surface area contributed by atoms with Crippen LogP contribution < -0.4 is 5.32 Å². The van der Waals surface area contributed by atoms with Crippen LogP contribution in [-0.2, 0) is 0 Å². The van der Waals surface area contributed by atoms with Gasteiger partial charge in [-0.2, -0.15) is 0 Å². The maximum absolute atomic E-state index is 11.4. The summed E-state index contributed by atoms with van der Waals surface area (Å²) in [4.78, 5) is 13.3. The number of amides is 2. The van der Waals surface area contributed by atoms with Crippen LogP contribution in [0.4, 0.5) is 4.79 Å². The van der Waals surface area contributed by atoms with E-state index in [4.69, 9.17) is 0 Å². The molecule has 3 nitrogen and oxygen atoms in total. The first kappa shape index (κ1) is 9.36. The minimum Gasteiger partial charge on any atom is -0.338 e. The topological polar surface area (TPSA) is 32.3 Å². The Kier molecular flexibility index (Phi) is 2.95. The van der Waals surface area contributed by atoms with Crippen molar-refractivity contribution in [1.29, 1.82) is 0 Å². The largest absolute Gasteiger partial charge is 0.338 e. The molecular formula is C9H18N2O. The Morgan fingerprint density at radius 3 is 2.58 bits per heavy atom. The van der Waals surface area contributed by atoms with Crippen molar-refractivity contribution >= 4 is 6.03 Å². The molecule has 12 heavy (non-hydrogen) atoms. The molecule has 0 aromatic heterocycles. The minimum atomic E-state index is 0.0995. The van der Waals surface area contributed by atoms with E-state index in [-0.39, 0.29) is 6.03 Å². The van der Waals surface area contributed by atoms with E-state index in [2.05, 4.69) is 26.1 Å². The van der Waals surface area contributed by atoms with Gasteiger partial charge in [0.15, 0.2) is 0 Å². The van der Waals surface area contributed by atoms with Crippen LogP contribution in [0.3, 0.4) is 0 Å². The third-order valence-electron chi connectivity index (χ3n) is 2.57. The number of hydrogen-bond donors (Lipinski definition) is 1. The first-order valence-corrected chi connectivity index (χ1v) is 4.67. The molecule has 0 aliphatic carbocycles. The van der Waals surface area contributed by atoms with E-state index in [9.17, 15) is 4.79 Å². The summed E-state index contributed by atoms with van der Waals surface area (Å²) in [5, 5.41) is 2.85. The summed E-state index contributed by atoms with van der Waals surface area (Å²) in [5.41, 5.74) is 0. The average Bonchev–Trinajstić information content (AvgIpc) is 2.04. The summed E-state index contributed by atoms with van der Waals surface area (Å²) in [6, 6.07) is 0.452. The van der Waals surface area contributed by atoms with Crippen molar-refractivity contribution in [2.24, 2.45) is 5.92 Å². The Hall–Kier alpha value is -0.730. The van der Waals surface area contributed by atoms with Crippen LogP contribution in [0.5, 0.6) is 0 Å². The molecule has 0 radical (unpaired) electrons. The zero-order chi connectivity index (χ0) is 9.14. The highest BCUT2D eigenvalue weighted by Crippen LogP contribution is 2.12. The summed E-state index contributed by atoms with van der Waals surface area (Å²) < 4.78 is 0. The molecule has 1 N–H and O–H groups in total. The summed E-state index contributed by atoms with van der Waals surface area (Å²) in [7, 11) is 0. The maximum atomic E-state index is 11.4. The molecule has 0 aromatic carbocycles. The van der Waals surface area contributed by atoms with Gasteiger partial charge in [0.1, 0.15) is 0 Å². The van der Waals surface area contributed by atoms with Gasteiger partial charge in [0.2, 0.25) is 0 Å². The Morgan fingerprint density at radius 1 is 1.42 bits per heavy atom. The standard InChI is InChI=1S/C9H18N2O/c1-7(2)8(3)11-6-4-5-10-9(11)12/h7-8H,4-6H2,1-3H3,(H,10,12). The van der Waals surface area contributed by atoms with E-state index in [0.717, 1.165) is 19.5 Å². The number of nitrogens with zero attached hydrogens (tertiary/aromatic N) is 1. The molecule has 0 aromatic rings. The number of rotatable bonds is 2. The Labute approximate surface area is 74.1 Å². The summed E-state index contributed by atoms with van der Waals surface area (Å²) in [5.74, 6) is 0.536. The van der Waals surface area contributed by atoms with E-state index in [0.29, 0.717) is 12.0 Å². The number of urea groups is 1. The molecule has 1 rings (SSSR count). The fourth-order valence-electron chi connectivity index (χ4n) is 1.40. The zero-order valence-corrected chi connectivity index (χ0v) is 8.13. The molecule has 0 spiro atoms. The van der Waals surface area contributed by atoms with Crippen molar-refractivity contribution in [3.63, 3.8) is 0 Å². The van der Waals surface area contributed by atoms with E-state index < -0.39 is 0 Å². The Bertz CT molecular complexity index is 168. The Morgan fingerprint density at radius 2 is 2.08 bits per heavy atom. The lowest BCUT2D eigenvalue weighted by molar-refractivity contribution is 0.149. The summed E-state index contributed by atoms with van der Waals surface area (Å²) in [6.07, 6.45) is 1.07. The number of hydrogen-bond acceptors (Lipinski definition) is 1. The van der Waals surface area contributed by atoms with E-state index in [1.807, 2.05) is 4.90 Å². The van der Waals surface area contributed by atoms with Crippen LogP contribution in [0, 0.1) is 5.92 Å². The van der Waals surface area contributed by atoms with Crippen LogP contribution in [0.15, 0.2) is 0 Å². The second kappa shape index (κ2) is 3.78. The maximum Gasteiger partial charge on any atom is 0.317 e. The number of carbonyl (C=O) groups excluding carboxylic acids is 1. The molecule has 1 heterocycles. The van der Waals surface area contributed by atoms with Gasteiger partial charge in [-0.25, -0.2) is 4.79 Å². The highest BCUT2D eigenvalue weighted by Gasteiger charge is 2.24. The number of carbonyl (C=O) groups is 1. The first-order valence-electron chi connectivity index (χ1n) is 4.67. The third kappa shape index (κ3) is 1.90. The molecule has 70 valence electrons. The molecule has 1 saturated heterocycles. The van der Waals surface area contributed by atoms with Gasteiger partial charge in [-0.05, 0) is 19.3 Å². The van der Waals surface area contributed by atoms with Crippen LogP contribution in [0.2, 0.25) is 0 Å². The summed E-state index contributed by atoms with van der Waals surface area (Å²) >= 11 is 0. The SMILES string of the molecule is CC(C)C(C)N1CCCNC1=O. The zero-order valence-electron chi connectivity index (χ0n) is 8.13. The average molecular weight is 170 g/mol. The van der Waals surface area contributed by atoms with Crippen LogP contribution in [0.1, 0.15) is 27.2 Å². The van der Waals surface area contributed by atoms with Gasteiger partial charge < -0.3 is 10.2 Å². The molecule has 1 aliphatic rings. The molecule has 1 aliphatic heterocycles. The minimum absolute atomic E-state index is 0.0995. The van der Waals surface area contributed by atoms with Crippen molar-refractivity contribution in [3.8, 4) is 0 Å². The highest BCUT2D eigenvalue weighted by atomic mass is 16.2. The lowest BCUT2D eigenvalue weighted by Crippen LogP contribution is -2.51. The van der Waals surface area contributed by atoms with Crippen molar-refractivity contribution in [1.82, 2.24) is 10.2 Å². The quantitative estimate of drug-likeness (QED) is 0.668. The van der Waals surface area contributed by atoms with Crippen molar-refractivity contribution in [3.05, 3.63) is 0 Å². The van der Waals surface area contributed by atoms with E-state index >= 15 is 0 Å². The van der Waals surface area contributed by atoms with Crippen molar-refractivity contribution < 1.29 is 4.79 Å². The Balaban J connectivity index is 2.53. The lowest BCUT2D eigenvalue weighted by atomic mass is 10.0. The molecular weight excluding hydrogens is 152 g/mol. The van der Waals surface area contributed by atoms with E-state index in [1.165, 1.54) is 0 Å².